The van der Waals surface area contributed by atoms with Crippen molar-refractivity contribution in [2.45, 2.75) is 25.2 Å². The van der Waals surface area contributed by atoms with Crippen LogP contribution >= 0.6 is 0 Å². The van der Waals surface area contributed by atoms with Crippen LogP contribution in [0, 0.1) is 18.3 Å². The van der Waals surface area contributed by atoms with Gasteiger partial charge in [0.05, 0.1) is 6.07 Å². The van der Waals surface area contributed by atoms with E-state index >= 15 is 0 Å². The highest BCUT2D eigenvalue weighted by molar-refractivity contribution is 5.33. The maximum atomic E-state index is 8.79. The van der Waals surface area contributed by atoms with Crippen LogP contribution in [-0.4, -0.2) is 5.16 Å². The maximum absolute atomic E-state index is 8.79. The number of nitrogens with zero attached hydrogens (tertiary/aromatic N) is 2. The van der Waals surface area contributed by atoms with Crippen LogP contribution in [0.25, 0.3) is 0 Å². The smallest absolute Gasteiger partial charge is 0.133 e. The van der Waals surface area contributed by atoms with Crippen molar-refractivity contribution in [3.05, 3.63) is 17.5 Å². The summed E-state index contributed by atoms with van der Waals surface area (Å²) in [6.45, 7) is 1.84. The molecule has 0 aromatic carbocycles. The molecule has 11 heavy (non-hydrogen) atoms. The summed E-state index contributed by atoms with van der Waals surface area (Å²) in [4.78, 5) is 0. The molecule has 1 aromatic rings. The molecule has 1 aliphatic carbocycles. The molecule has 0 saturated heterocycles. The van der Waals surface area contributed by atoms with E-state index in [-0.39, 0.29) is 5.41 Å². The van der Waals surface area contributed by atoms with E-state index in [9.17, 15) is 0 Å². The zero-order valence-electron chi connectivity index (χ0n) is 6.29. The molecular formula is C8H8N2O. The van der Waals surface area contributed by atoms with Gasteiger partial charge in [-0.2, -0.15) is 5.26 Å². The summed E-state index contributed by atoms with van der Waals surface area (Å²) in [5, 5.41) is 12.6. The van der Waals surface area contributed by atoms with Crippen molar-refractivity contribution >= 4 is 0 Å². The molecule has 3 nitrogen and oxygen atoms in total. The van der Waals surface area contributed by atoms with Crippen LogP contribution in [0.5, 0.6) is 0 Å². The molecule has 1 fully saturated rings. The highest BCUT2D eigenvalue weighted by Gasteiger charge is 2.47. The van der Waals surface area contributed by atoms with E-state index in [0.717, 1.165) is 24.3 Å². The summed E-state index contributed by atoms with van der Waals surface area (Å²) in [5.74, 6) is 0.779. The number of hydrogen-bond donors (Lipinski definition) is 0. The second-order valence-corrected chi connectivity index (χ2v) is 3.02. The Morgan fingerprint density at radius 1 is 1.73 bits per heavy atom. The quantitative estimate of drug-likeness (QED) is 0.606. The van der Waals surface area contributed by atoms with Gasteiger partial charge in [0.1, 0.15) is 16.9 Å². The molecule has 1 heterocycles. The molecule has 0 aliphatic heterocycles. The van der Waals surface area contributed by atoms with Crippen LogP contribution in [0.15, 0.2) is 10.6 Å². The van der Waals surface area contributed by atoms with E-state index in [0.29, 0.717) is 0 Å². The lowest BCUT2D eigenvalue weighted by molar-refractivity contribution is 0.387. The summed E-state index contributed by atoms with van der Waals surface area (Å²) in [7, 11) is 0. The predicted molar refractivity (Wildman–Crippen MR) is 37.8 cm³/mol. The molecule has 1 aromatic heterocycles. The van der Waals surface area contributed by atoms with E-state index in [1.54, 1.807) is 0 Å². The Hall–Kier alpha value is -1.30. The Labute approximate surface area is 64.6 Å². The molecule has 0 radical (unpaired) electrons. The molecule has 0 atom stereocenters. The standard InChI is InChI=1S/C8H8N2O/c1-6-4-7(10-11-6)8(5-9)2-3-8/h4H,2-3H2,1H3. The highest BCUT2D eigenvalue weighted by atomic mass is 16.5. The van der Waals surface area contributed by atoms with Gasteiger partial charge in [0.2, 0.25) is 0 Å². The van der Waals surface area contributed by atoms with Gasteiger partial charge in [0, 0.05) is 6.07 Å². The number of aryl methyl sites for hydroxylation is 1. The fourth-order valence-corrected chi connectivity index (χ4v) is 1.14. The van der Waals surface area contributed by atoms with Crippen molar-refractivity contribution in [3.8, 4) is 6.07 Å². The van der Waals surface area contributed by atoms with Gasteiger partial charge < -0.3 is 4.52 Å². The van der Waals surface area contributed by atoms with E-state index in [4.69, 9.17) is 9.78 Å². The molecule has 0 N–H and O–H groups in total. The lowest BCUT2D eigenvalue weighted by Gasteiger charge is -1.94. The average Bonchev–Trinajstić information content (AvgIpc) is 2.70. The number of rotatable bonds is 1. The van der Waals surface area contributed by atoms with Crippen molar-refractivity contribution in [2.75, 3.05) is 0 Å². The molecule has 2 rings (SSSR count). The first-order valence-electron chi connectivity index (χ1n) is 3.62. The van der Waals surface area contributed by atoms with E-state index < -0.39 is 0 Å². The molecule has 0 amide bonds. The van der Waals surface area contributed by atoms with Gasteiger partial charge >= 0.3 is 0 Å². The van der Waals surface area contributed by atoms with Crippen LogP contribution in [0.4, 0.5) is 0 Å². The Balaban J connectivity index is 2.38. The number of aromatic nitrogens is 1. The largest absolute Gasteiger partial charge is 0.361 e. The average molecular weight is 148 g/mol. The third-order valence-corrected chi connectivity index (χ3v) is 2.08. The lowest BCUT2D eigenvalue weighted by atomic mass is 10.1. The summed E-state index contributed by atoms with van der Waals surface area (Å²) >= 11 is 0. The zero-order valence-corrected chi connectivity index (χ0v) is 6.29. The predicted octanol–water partition coefficient (Wildman–Crippen LogP) is 1.54. The SMILES string of the molecule is Cc1cc(C2(C#N)CC2)no1. The second-order valence-electron chi connectivity index (χ2n) is 3.02. The van der Waals surface area contributed by atoms with Gasteiger partial charge in [-0.1, -0.05) is 5.16 Å². The normalized spacial score (nSPS) is 19.3. The van der Waals surface area contributed by atoms with Crippen LogP contribution in [0.1, 0.15) is 24.3 Å². The molecule has 1 aliphatic rings. The van der Waals surface area contributed by atoms with Crippen LogP contribution in [-0.2, 0) is 5.41 Å². The van der Waals surface area contributed by atoms with E-state index in [1.165, 1.54) is 0 Å². The van der Waals surface area contributed by atoms with Crippen molar-refractivity contribution in [2.24, 2.45) is 0 Å². The monoisotopic (exact) mass is 148 g/mol. The van der Waals surface area contributed by atoms with E-state index in [2.05, 4.69) is 11.2 Å². The topological polar surface area (TPSA) is 49.8 Å². The Bertz CT molecular complexity index is 317. The third-order valence-electron chi connectivity index (χ3n) is 2.08. The fourth-order valence-electron chi connectivity index (χ4n) is 1.14. The first kappa shape index (κ1) is 6.41. The molecule has 56 valence electrons. The summed E-state index contributed by atoms with van der Waals surface area (Å²) in [6.07, 6.45) is 1.85. The van der Waals surface area contributed by atoms with Gasteiger partial charge in [-0.25, -0.2) is 0 Å². The maximum Gasteiger partial charge on any atom is 0.133 e. The molecule has 0 spiro atoms. The third kappa shape index (κ3) is 0.829. The molecule has 0 unspecified atom stereocenters. The molecule has 0 bridgehead atoms. The van der Waals surface area contributed by atoms with Gasteiger partial charge in [0.25, 0.3) is 0 Å². The number of nitriles is 1. The van der Waals surface area contributed by atoms with Crippen molar-refractivity contribution in [3.63, 3.8) is 0 Å². The minimum atomic E-state index is -0.294. The first-order valence-corrected chi connectivity index (χ1v) is 3.62. The van der Waals surface area contributed by atoms with Gasteiger partial charge in [-0.05, 0) is 19.8 Å². The summed E-state index contributed by atoms with van der Waals surface area (Å²) in [6, 6.07) is 4.10. The molecule has 1 saturated carbocycles. The van der Waals surface area contributed by atoms with Gasteiger partial charge in [-0.15, -0.1) is 0 Å². The Morgan fingerprint density at radius 3 is 2.82 bits per heavy atom. The van der Waals surface area contributed by atoms with Crippen LogP contribution in [0.3, 0.4) is 0 Å². The van der Waals surface area contributed by atoms with Gasteiger partial charge in [0.15, 0.2) is 0 Å². The highest BCUT2D eigenvalue weighted by Crippen LogP contribution is 2.46. The second kappa shape index (κ2) is 1.85. The number of hydrogen-bond acceptors (Lipinski definition) is 3. The van der Waals surface area contributed by atoms with Crippen molar-refractivity contribution in [1.82, 2.24) is 5.16 Å². The van der Waals surface area contributed by atoms with Crippen molar-refractivity contribution < 1.29 is 4.52 Å². The summed E-state index contributed by atoms with van der Waals surface area (Å²) < 4.78 is 4.89. The molecule has 3 heteroatoms. The Morgan fingerprint density at radius 2 is 2.45 bits per heavy atom. The van der Waals surface area contributed by atoms with Gasteiger partial charge in [-0.3, -0.25) is 0 Å². The zero-order chi connectivity index (χ0) is 7.90. The van der Waals surface area contributed by atoms with E-state index in [1.807, 2.05) is 13.0 Å². The van der Waals surface area contributed by atoms with Crippen LogP contribution < -0.4 is 0 Å². The Kier molecular flexibility index (Phi) is 1.08. The van der Waals surface area contributed by atoms with Crippen LogP contribution in [0.2, 0.25) is 0 Å². The minimum absolute atomic E-state index is 0.294. The van der Waals surface area contributed by atoms with Crippen molar-refractivity contribution in [1.29, 1.82) is 5.26 Å². The minimum Gasteiger partial charge on any atom is -0.361 e. The first-order chi connectivity index (χ1) is 5.27. The lowest BCUT2D eigenvalue weighted by Crippen LogP contribution is -2.01. The fraction of sp³-hybridized carbons (Fsp3) is 0.500. The molecular weight excluding hydrogens is 140 g/mol. The summed E-state index contributed by atoms with van der Waals surface area (Å²) in [5.41, 5.74) is 0.509.